The predicted molar refractivity (Wildman–Crippen MR) is 77.1 cm³/mol. The van der Waals surface area contributed by atoms with E-state index in [4.69, 9.17) is 10.5 Å². The van der Waals surface area contributed by atoms with E-state index in [0.29, 0.717) is 18.1 Å². The van der Waals surface area contributed by atoms with Crippen molar-refractivity contribution in [2.45, 2.75) is 13.3 Å². The SMILES string of the molecule is CC(=O)N(c1ccc2c(c1)CCO2)c1cc(N)ccn1. The second-order valence-corrected chi connectivity index (χ2v) is 4.69. The Kier molecular flexibility index (Phi) is 3.02. The molecule has 0 saturated carbocycles. The summed E-state index contributed by atoms with van der Waals surface area (Å²) in [6, 6.07) is 9.09. The van der Waals surface area contributed by atoms with Crippen LogP contribution >= 0.6 is 0 Å². The molecule has 5 nitrogen and oxygen atoms in total. The van der Waals surface area contributed by atoms with Crippen LogP contribution in [-0.4, -0.2) is 17.5 Å². The summed E-state index contributed by atoms with van der Waals surface area (Å²) in [5, 5.41) is 0. The first kappa shape index (κ1) is 12.5. The molecule has 5 heteroatoms. The minimum absolute atomic E-state index is 0.109. The van der Waals surface area contributed by atoms with Crippen LogP contribution in [-0.2, 0) is 11.2 Å². The summed E-state index contributed by atoms with van der Waals surface area (Å²) in [7, 11) is 0. The lowest BCUT2D eigenvalue weighted by molar-refractivity contribution is -0.115. The summed E-state index contributed by atoms with van der Waals surface area (Å²) in [5.74, 6) is 1.30. The number of pyridine rings is 1. The van der Waals surface area contributed by atoms with Crippen molar-refractivity contribution >= 4 is 23.1 Å². The van der Waals surface area contributed by atoms with Crippen molar-refractivity contribution in [2.24, 2.45) is 0 Å². The highest BCUT2D eigenvalue weighted by molar-refractivity contribution is 5.98. The zero-order chi connectivity index (χ0) is 14.1. The van der Waals surface area contributed by atoms with E-state index in [9.17, 15) is 4.79 Å². The van der Waals surface area contributed by atoms with E-state index in [-0.39, 0.29) is 5.91 Å². The van der Waals surface area contributed by atoms with Crippen LogP contribution < -0.4 is 15.4 Å². The number of hydrogen-bond acceptors (Lipinski definition) is 4. The lowest BCUT2D eigenvalue weighted by atomic mass is 10.1. The van der Waals surface area contributed by atoms with Crippen molar-refractivity contribution in [2.75, 3.05) is 17.2 Å². The molecule has 1 aliphatic rings. The van der Waals surface area contributed by atoms with E-state index in [0.717, 1.165) is 23.4 Å². The number of anilines is 3. The van der Waals surface area contributed by atoms with Gasteiger partial charge in [0.25, 0.3) is 0 Å². The van der Waals surface area contributed by atoms with Gasteiger partial charge in [-0.15, -0.1) is 0 Å². The zero-order valence-electron chi connectivity index (χ0n) is 11.2. The molecule has 2 N–H and O–H groups in total. The molecule has 0 atom stereocenters. The number of nitrogens with zero attached hydrogens (tertiary/aromatic N) is 2. The highest BCUT2D eigenvalue weighted by Gasteiger charge is 2.19. The molecule has 0 spiro atoms. The smallest absolute Gasteiger partial charge is 0.229 e. The van der Waals surface area contributed by atoms with Gasteiger partial charge < -0.3 is 10.5 Å². The number of carbonyl (C=O) groups is 1. The first-order valence-electron chi connectivity index (χ1n) is 6.43. The average molecular weight is 269 g/mol. The van der Waals surface area contributed by atoms with Gasteiger partial charge in [-0.25, -0.2) is 4.98 Å². The normalized spacial score (nSPS) is 12.7. The minimum atomic E-state index is -0.109. The van der Waals surface area contributed by atoms with E-state index in [1.54, 1.807) is 23.2 Å². The number of rotatable bonds is 2. The Hall–Kier alpha value is -2.56. The monoisotopic (exact) mass is 269 g/mol. The molecular weight excluding hydrogens is 254 g/mol. The molecule has 0 bridgehead atoms. The van der Waals surface area contributed by atoms with Gasteiger partial charge in [-0.05, 0) is 29.8 Å². The molecule has 0 radical (unpaired) electrons. The fourth-order valence-corrected chi connectivity index (χ4v) is 2.34. The first-order valence-corrected chi connectivity index (χ1v) is 6.43. The van der Waals surface area contributed by atoms with E-state index in [1.165, 1.54) is 6.92 Å². The van der Waals surface area contributed by atoms with Crippen LogP contribution in [0, 0.1) is 0 Å². The van der Waals surface area contributed by atoms with E-state index >= 15 is 0 Å². The Morgan fingerprint density at radius 1 is 1.35 bits per heavy atom. The van der Waals surface area contributed by atoms with Gasteiger partial charge in [-0.3, -0.25) is 9.69 Å². The minimum Gasteiger partial charge on any atom is -0.493 e. The van der Waals surface area contributed by atoms with E-state index < -0.39 is 0 Å². The molecule has 3 rings (SSSR count). The topological polar surface area (TPSA) is 68.5 Å². The number of carbonyl (C=O) groups excluding carboxylic acids is 1. The van der Waals surface area contributed by atoms with Crippen molar-refractivity contribution in [3.05, 3.63) is 42.1 Å². The summed E-state index contributed by atoms with van der Waals surface area (Å²) in [5.41, 5.74) is 8.23. The van der Waals surface area contributed by atoms with Crippen LogP contribution in [0.4, 0.5) is 17.2 Å². The van der Waals surface area contributed by atoms with E-state index in [1.807, 2.05) is 18.2 Å². The van der Waals surface area contributed by atoms with Crippen molar-refractivity contribution < 1.29 is 9.53 Å². The third-order valence-electron chi connectivity index (χ3n) is 3.24. The molecular formula is C15H15N3O2. The number of hydrogen-bond donors (Lipinski definition) is 1. The molecule has 2 aromatic rings. The third kappa shape index (κ3) is 2.18. The van der Waals surface area contributed by atoms with Gasteiger partial charge >= 0.3 is 0 Å². The molecule has 0 unspecified atom stereocenters. The van der Waals surface area contributed by atoms with Crippen molar-refractivity contribution in [1.29, 1.82) is 0 Å². The Labute approximate surface area is 117 Å². The number of aromatic nitrogens is 1. The summed E-state index contributed by atoms with van der Waals surface area (Å²) < 4.78 is 5.48. The number of benzene rings is 1. The van der Waals surface area contributed by atoms with Gasteiger partial charge in [-0.2, -0.15) is 0 Å². The maximum absolute atomic E-state index is 12.0. The molecule has 1 amide bonds. The largest absolute Gasteiger partial charge is 0.493 e. The zero-order valence-corrected chi connectivity index (χ0v) is 11.2. The van der Waals surface area contributed by atoms with E-state index in [2.05, 4.69) is 4.98 Å². The standard InChI is InChI=1S/C15H15N3O2/c1-10(19)18(15-9-12(16)4-6-17-15)13-2-3-14-11(8-13)5-7-20-14/h2-4,6,8-9H,5,7H2,1H3,(H2,16,17). The van der Waals surface area contributed by atoms with Gasteiger partial charge in [0.1, 0.15) is 11.6 Å². The fourth-order valence-electron chi connectivity index (χ4n) is 2.34. The average Bonchev–Trinajstić information content (AvgIpc) is 2.86. The highest BCUT2D eigenvalue weighted by Crippen LogP contribution is 2.32. The quantitative estimate of drug-likeness (QED) is 0.908. The van der Waals surface area contributed by atoms with Gasteiger partial charge in [-0.1, -0.05) is 0 Å². The van der Waals surface area contributed by atoms with Gasteiger partial charge in [0, 0.05) is 31.3 Å². The summed E-state index contributed by atoms with van der Waals surface area (Å²) in [6.45, 7) is 2.20. The predicted octanol–water partition coefficient (Wildman–Crippen LogP) is 2.28. The second-order valence-electron chi connectivity index (χ2n) is 4.69. The summed E-state index contributed by atoms with van der Waals surface area (Å²) in [6.07, 6.45) is 2.45. The van der Waals surface area contributed by atoms with Gasteiger partial charge in [0.2, 0.25) is 5.91 Å². The molecule has 2 heterocycles. The molecule has 1 aromatic heterocycles. The van der Waals surface area contributed by atoms with Gasteiger partial charge in [0.15, 0.2) is 0 Å². The fraction of sp³-hybridized carbons (Fsp3) is 0.200. The number of amides is 1. The maximum Gasteiger partial charge on any atom is 0.229 e. The second kappa shape index (κ2) is 4.85. The lowest BCUT2D eigenvalue weighted by Gasteiger charge is -2.21. The van der Waals surface area contributed by atoms with Crippen LogP contribution in [0.5, 0.6) is 5.75 Å². The highest BCUT2D eigenvalue weighted by atomic mass is 16.5. The third-order valence-corrected chi connectivity index (χ3v) is 3.24. The maximum atomic E-state index is 12.0. The van der Waals surface area contributed by atoms with Crippen molar-refractivity contribution in [3.8, 4) is 5.75 Å². The molecule has 1 aromatic carbocycles. The van der Waals surface area contributed by atoms with Crippen molar-refractivity contribution in [1.82, 2.24) is 4.98 Å². The molecule has 20 heavy (non-hydrogen) atoms. The number of fused-ring (bicyclic) bond motifs is 1. The Morgan fingerprint density at radius 3 is 2.95 bits per heavy atom. The van der Waals surface area contributed by atoms with Gasteiger partial charge in [0.05, 0.1) is 12.3 Å². The van der Waals surface area contributed by atoms with Crippen LogP contribution in [0.1, 0.15) is 12.5 Å². The Bertz CT molecular complexity index is 670. The molecule has 1 aliphatic heterocycles. The summed E-state index contributed by atoms with van der Waals surface area (Å²) in [4.78, 5) is 17.7. The Balaban J connectivity index is 2.05. The van der Waals surface area contributed by atoms with Crippen LogP contribution in [0.15, 0.2) is 36.5 Å². The number of nitrogen functional groups attached to an aromatic ring is 1. The molecule has 0 fully saturated rings. The van der Waals surface area contributed by atoms with Crippen LogP contribution in [0.3, 0.4) is 0 Å². The lowest BCUT2D eigenvalue weighted by Crippen LogP contribution is -2.23. The summed E-state index contributed by atoms with van der Waals surface area (Å²) >= 11 is 0. The number of nitrogens with two attached hydrogens (primary N) is 1. The van der Waals surface area contributed by atoms with Crippen LogP contribution in [0.25, 0.3) is 0 Å². The molecule has 102 valence electrons. The molecule has 0 saturated heterocycles. The van der Waals surface area contributed by atoms with Crippen molar-refractivity contribution in [3.63, 3.8) is 0 Å². The number of ether oxygens (including phenoxy) is 1. The van der Waals surface area contributed by atoms with Crippen LogP contribution in [0.2, 0.25) is 0 Å². The Morgan fingerprint density at radius 2 is 2.20 bits per heavy atom. The molecule has 0 aliphatic carbocycles. The first-order chi connectivity index (χ1) is 9.65.